The van der Waals surface area contributed by atoms with Gasteiger partial charge in [0.2, 0.25) is 5.91 Å². The standard InChI is InChI=1S/C16H14ClNO4S/c17-14-4-1-2-5-15(14)23(20,21)22-13-9-7-12(8-10-13)18-11-3-6-16(18)19/h1-2,4-5,7-10H,3,6,11H2. The van der Waals surface area contributed by atoms with Gasteiger partial charge in [0, 0.05) is 18.7 Å². The summed E-state index contributed by atoms with van der Waals surface area (Å²) >= 11 is 5.90. The van der Waals surface area contributed by atoms with Crippen molar-refractivity contribution in [2.24, 2.45) is 0 Å². The van der Waals surface area contributed by atoms with E-state index in [-0.39, 0.29) is 21.6 Å². The summed E-state index contributed by atoms with van der Waals surface area (Å²) in [5, 5.41) is 0.104. The van der Waals surface area contributed by atoms with Gasteiger partial charge in [0.05, 0.1) is 5.02 Å². The Labute approximate surface area is 139 Å². The van der Waals surface area contributed by atoms with Crippen LogP contribution < -0.4 is 9.08 Å². The Morgan fingerprint density at radius 2 is 1.74 bits per heavy atom. The third-order valence-electron chi connectivity index (χ3n) is 3.53. The van der Waals surface area contributed by atoms with Crippen LogP contribution in [0, 0.1) is 0 Å². The summed E-state index contributed by atoms with van der Waals surface area (Å²) in [5.41, 5.74) is 0.731. The Balaban J connectivity index is 1.81. The molecule has 1 aliphatic heterocycles. The lowest BCUT2D eigenvalue weighted by Gasteiger charge is -2.16. The molecule has 1 heterocycles. The van der Waals surface area contributed by atoms with Gasteiger partial charge in [-0.25, -0.2) is 0 Å². The molecule has 0 bridgehead atoms. The summed E-state index contributed by atoms with van der Waals surface area (Å²) in [6.07, 6.45) is 1.37. The second-order valence-electron chi connectivity index (χ2n) is 5.11. The number of rotatable bonds is 4. The highest BCUT2D eigenvalue weighted by atomic mass is 35.5. The number of halogens is 1. The third-order valence-corrected chi connectivity index (χ3v) is 5.28. The summed E-state index contributed by atoms with van der Waals surface area (Å²) in [6, 6.07) is 12.5. The van der Waals surface area contributed by atoms with Crippen LogP contribution in [0.15, 0.2) is 53.4 Å². The molecule has 0 saturated carbocycles. The van der Waals surface area contributed by atoms with Crippen LogP contribution in [0.25, 0.3) is 0 Å². The van der Waals surface area contributed by atoms with Crippen LogP contribution in [0.4, 0.5) is 5.69 Å². The van der Waals surface area contributed by atoms with Gasteiger partial charge in [-0.3, -0.25) is 4.79 Å². The Morgan fingerprint density at radius 1 is 1.04 bits per heavy atom. The number of nitrogens with zero attached hydrogens (tertiary/aromatic N) is 1. The van der Waals surface area contributed by atoms with Gasteiger partial charge >= 0.3 is 10.1 Å². The van der Waals surface area contributed by atoms with Crippen LogP contribution in [0.5, 0.6) is 5.75 Å². The average Bonchev–Trinajstić information content (AvgIpc) is 2.94. The van der Waals surface area contributed by atoms with E-state index >= 15 is 0 Å². The Hall–Kier alpha value is -2.05. The number of anilines is 1. The lowest BCUT2D eigenvalue weighted by Crippen LogP contribution is -2.23. The fourth-order valence-corrected chi connectivity index (χ4v) is 3.85. The monoisotopic (exact) mass is 351 g/mol. The fourth-order valence-electron chi connectivity index (χ4n) is 2.42. The largest absolute Gasteiger partial charge is 0.379 e. The van der Waals surface area contributed by atoms with Gasteiger partial charge in [-0.2, -0.15) is 8.42 Å². The molecule has 120 valence electrons. The van der Waals surface area contributed by atoms with Crippen molar-refractivity contribution >= 4 is 33.3 Å². The van der Waals surface area contributed by atoms with E-state index in [9.17, 15) is 13.2 Å². The summed E-state index contributed by atoms with van der Waals surface area (Å²) < 4.78 is 29.6. The van der Waals surface area contributed by atoms with Crippen molar-refractivity contribution in [3.05, 3.63) is 53.6 Å². The fraction of sp³-hybridized carbons (Fsp3) is 0.188. The highest BCUT2D eigenvalue weighted by molar-refractivity contribution is 7.87. The van der Waals surface area contributed by atoms with Crippen molar-refractivity contribution in [1.82, 2.24) is 0 Å². The van der Waals surface area contributed by atoms with E-state index in [4.69, 9.17) is 15.8 Å². The highest BCUT2D eigenvalue weighted by Gasteiger charge is 2.23. The molecule has 7 heteroatoms. The predicted octanol–water partition coefficient (Wildman–Crippen LogP) is 3.23. The molecular weight excluding hydrogens is 338 g/mol. The summed E-state index contributed by atoms with van der Waals surface area (Å²) in [5.74, 6) is 0.239. The molecule has 23 heavy (non-hydrogen) atoms. The molecule has 5 nitrogen and oxygen atoms in total. The first kappa shape index (κ1) is 15.8. The lowest BCUT2D eigenvalue weighted by atomic mass is 10.3. The number of carbonyl (C=O) groups is 1. The Morgan fingerprint density at radius 3 is 2.35 bits per heavy atom. The lowest BCUT2D eigenvalue weighted by molar-refractivity contribution is -0.117. The van der Waals surface area contributed by atoms with Gasteiger partial charge in [0.1, 0.15) is 10.6 Å². The van der Waals surface area contributed by atoms with E-state index in [1.165, 1.54) is 24.3 Å². The van der Waals surface area contributed by atoms with Crippen molar-refractivity contribution in [1.29, 1.82) is 0 Å². The summed E-state index contributed by atoms with van der Waals surface area (Å²) in [7, 11) is -4.00. The van der Waals surface area contributed by atoms with Crippen LogP contribution in [0.2, 0.25) is 5.02 Å². The minimum Gasteiger partial charge on any atom is -0.379 e. The first-order valence-electron chi connectivity index (χ1n) is 7.07. The van der Waals surface area contributed by atoms with E-state index in [0.717, 1.165) is 12.1 Å². The Bertz CT molecular complexity index is 833. The Kier molecular flexibility index (Phi) is 4.28. The molecule has 1 saturated heterocycles. The molecule has 0 unspecified atom stereocenters. The van der Waals surface area contributed by atoms with Gasteiger partial charge in [0.15, 0.2) is 0 Å². The molecular formula is C16H14ClNO4S. The smallest absolute Gasteiger partial charge is 0.340 e. The van der Waals surface area contributed by atoms with Crippen molar-refractivity contribution in [3.63, 3.8) is 0 Å². The number of benzene rings is 2. The first-order valence-corrected chi connectivity index (χ1v) is 8.85. The van der Waals surface area contributed by atoms with Crippen molar-refractivity contribution in [2.45, 2.75) is 17.7 Å². The van der Waals surface area contributed by atoms with Crippen molar-refractivity contribution < 1.29 is 17.4 Å². The minimum absolute atomic E-state index is 0.0716. The normalized spacial score (nSPS) is 15.0. The zero-order chi connectivity index (χ0) is 16.4. The maximum atomic E-state index is 12.2. The molecule has 2 aromatic rings. The van der Waals surface area contributed by atoms with Crippen LogP contribution >= 0.6 is 11.6 Å². The van der Waals surface area contributed by atoms with Gasteiger partial charge in [0.25, 0.3) is 0 Å². The molecule has 1 fully saturated rings. The van der Waals surface area contributed by atoms with Crippen molar-refractivity contribution in [3.8, 4) is 5.75 Å². The molecule has 0 spiro atoms. The molecule has 1 amide bonds. The van der Waals surface area contributed by atoms with Crippen LogP contribution in [0.1, 0.15) is 12.8 Å². The molecule has 2 aromatic carbocycles. The van der Waals surface area contributed by atoms with E-state index in [2.05, 4.69) is 0 Å². The summed E-state index contributed by atoms with van der Waals surface area (Å²) in [4.78, 5) is 13.3. The van der Waals surface area contributed by atoms with Crippen LogP contribution in [-0.4, -0.2) is 20.9 Å². The summed E-state index contributed by atoms with van der Waals surface area (Å²) in [6.45, 7) is 0.678. The van der Waals surface area contributed by atoms with Crippen molar-refractivity contribution in [2.75, 3.05) is 11.4 Å². The molecule has 1 aliphatic rings. The first-order chi connectivity index (χ1) is 11.0. The second-order valence-corrected chi connectivity index (χ2v) is 7.03. The van der Waals surface area contributed by atoms with Gasteiger partial charge in [-0.1, -0.05) is 23.7 Å². The van der Waals surface area contributed by atoms with E-state index in [1.54, 1.807) is 29.2 Å². The molecule has 0 N–H and O–H groups in total. The van der Waals surface area contributed by atoms with Gasteiger partial charge in [-0.15, -0.1) is 0 Å². The number of hydrogen-bond acceptors (Lipinski definition) is 4. The number of amides is 1. The molecule has 0 aliphatic carbocycles. The number of carbonyl (C=O) groups excluding carboxylic acids is 1. The van der Waals surface area contributed by atoms with Gasteiger partial charge < -0.3 is 9.08 Å². The molecule has 0 atom stereocenters. The van der Waals surface area contributed by atoms with Crippen LogP contribution in [-0.2, 0) is 14.9 Å². The SMILES string of the molecule is O=C1CCCN1c1ccc(OS(=O)(=O)c2ccccc2Cl)cc1. The predicted molar refractivity (Wildman–Crippen MR) is 87.3 cm³/mol. The zero-order valence-electron chi connectivity index (χ0n) is 12.1. The molecule has 3 rings (SSSR count). The molecule has 0 radical (unpaired) electrons. The maximum absolute atomic E-state index is 12.2. The number of hydrogen-bond donors (Lipinski definition) is 0. The van der Waals surface area contributed by atoms with E-state index < -0.39 is 10.1 Å². The average molecular weight is 352 g/mol. The van der Waals surface area contributed by atoms with E-state index in [0.29, 0.717) is 13.0 Å². The zero-order valence-corrected chi connectivity index (χ0v) is 13.7. The van der Waals surface area contributed by atoms with E-state index in [1.807, 2.05) is 0 Å². The topological polar surface area (TPSA) is 63.7 Å². The quantitative estimate of drug-likeness (QED) is 0.793. The minimum atomic E-state index is -4.00. The highest BCUT2D eigenvalue weighted by Crippen LogP contribution is 2.27. The molecule has 0 aromatic heterocycles. The van der Waals surface area contributed by atoms with Gasteiger partial charge in [-0.05, 0) is 42.8 Å². The second kappa shape index (κ2) is 6.22. The van der Waals surface area contributed by atoms with Crippen LogP contribution in [0.3, 0.4) is 0 Å². The maximum Gasteiger partial charge on any atom is 0.340 e. The third kappa shape index (κ3) is 3.33.